The van der Waals surface area contributed by atoms with Gasteiger partial charge in [-0.15, -0.1) is 0 Å². The Labute approximate surface area is 129 Å². The molecule has 7 nitrogen and oxygen atoms in total. The van der Waals surface area contributed by atoms with Crippen LogP contribution in [0.4, 0.5) is 10.6 Å². The molecule has 0 aromatic carbocycles. The molecule has 1 aromatic rings. The van der Waals surface area contributed by atoms with Crippen LogP contribution in [0.1, 0.15) is 39.2 Å². The molecule has 1 saturated heterocycles. The van der Waals surface area contributed by atoms with Crippen molar-refractivity contribution >= 4 is 17.8 Å². The zero-order valence-electron chi connectivity index (χ0n) is 13.1. The minimum absolute atomic E-state index is 0.162. The molecule has 1 fully saturated rings. The Balaban J connectivity index is 2.10. The first kappa shape index (κ1) is 15.9. The topological polar surface area (TPSA) is 98.9 Å². The number of anilines is 1. The zero-order chi connectivity index (χ0) is 16.3. The predicted molar refractivity (Wildman–Crippen MR) is 82.3 cm³/mol. The smallest absolute Gasteiger partial charge is 0.321 e. The van der Waals surface area contributed by atoms with Crippen LogP contribution in [0, 0.1) is 11.3 Å². The number of hydrogen-bond donors (Lipinski definition) is 3. The quantitative estimate of drug-likeness (QED) is 0.772. The molecule has 22 heavy (non-hydrogen) atoms. The molecule has 0 bridgehead atoms. The monoisotopic (exact) mass is 303 g/mol. The van der Waals surface area contributed by atoms with E-state index in [2.05, 4.69) is 22.0 Å². The van der Waals surface area contributed by atoms with Gasteiger partial charge in [-0.3, -0.25) is 10.1 Å². The van der Waals surface area contributed by atoms with Crippen LogP contribution in [0.5, 0.6) is 0 Å². The second kappa shape index (κ2) is 6.10. The Kier molecular flexibility index (Phi) is 4.40. The lowest BCUT2D eigenvalue weighted by Gasteiger charge is -2.26. The van der Waals surface area contributed by atoms with Crippen molar-refractivity contribution in [3.05, 3.63) is 17.8 Å². The van der Waals surface area contributed by atoms with Crippen LogP contribution < -0.4 is 16.0 Å². The molecule has 1 aliphatic rings. The highest BCUT2D eigenvalue weighted by Crippen LogP contribution is 2.23. The number of urea groups is 1. The molecule has 0 saturated carbocycles. The fourth-order valence-electron chi connectivity index (χ4n) is 2.40. The van der Waals surface area contributed by atoms with E-state index < -0.39 is 12.1 Å². The van der Waals surface area contributed by atoms with Crippen molar-refractivity contribution in [3.63, 3.8) is 0 Å². The maximum atomic E-state index is 12.1. The van der Waals surface area contributed by atoms with Gasteiger partial charge in [0, 0.05) is 18.3 Å². The van der Waals surface area contributed by atoms with E-state index in [9.17, 15) is 9.59 Å². The highest BCUT2D eigenvalue weighted by Gasteiger charge is 2.25. The molecular formula is C15H21N5O2. The normalized spacial score (nSPS) is 18.3. The number of aromatic nitrogens is 1. The summed E-state index contributed by atoms with van der Waals surface area (Å²) in [4.78, 5) is 23.8. The molecule has 1 aromatic heterocycles. The first-order valence-electron chi connectivity index (χ1n) is 7.29. The van der Waals surface area contributed by atoms with Gasteiger partial charge in [0.25, 0.3) is 0 Å². The molecule has 0 radical (unpaired) electrons. The summed E-state index contributed by atoms with van der Waals surface area (Å²) in [7, 11) is 0. The number of piperidine rings is 1. The van der Waals surface area contributed by atoms with E-state index in [0.29, 0.717) is 24.3 Å². The van der Waals surface area contributed by atoms with E-state index in [-0.39, 0.29) is 11.4 Å². The Morgan fingerprint density at radius 1 is 1.50 bits per heavy atom. The third-order valence-electron chi connectivity index (χ3n) is 3.50. The number of rotatable bonds is 2. The predicted octanol–water partition coefficient (Wildman–Crippen LogP) is 1.51. The molecule has 0 unspecified atom stereocenters. The summed E-state index contributed by atoms with van der Waals surface area (Å²) in [6, 6.07) is 2.72. The number of amides is 3. The SMILES string of the molecule is CC(C)(C)n1cc(C#N)cc1NC(=O)N[C@H]1CCCNC1=O. The summed E-state index contributed by atoms with van der Waals surface area (Å²) in [6.07, 6.45) is 3.17. The number of nitriles is 1. The number of nitrogens with zero attached hydrogens (tertiary/aromatic N) is 2. The number of hydrogen-bond acceptors (Lipinski definition) is 3. The lowest BCUT2D eigenvalue weighted by molar-refractivity contribution is -0.124. The van der Waals surface area contributed by atoms with Gasteiger partial charge in [0.1, 0.15) is 17.9 Å². The van der Waals surface area contributed by atoms with E-state index >= 15 is 0 Å². The van der Waals surface area contributed by atoms with Crippen molar-refractivity contribution < 1.29 is 9.59 Å². The molecule has 0 aliphatic carbocycles. The third-order valence-corrected chi connectivity index (χ3v) is 3.50. The van der Waals surface area contributed by atoms with Gasteiger partial charge in [-0.05, 0) is 39.7 Å². The average molecular weight is 303 g/mol. The molecule has 3 N–H and O–H groups in total. The first-order valence-corrected chi connectivity index (χ1v) is 7.29. The Bertz CT molecular complexity index is 621. The fraction of sp³-hybridized carbons (Fsp3) is 0.533. The summed E-state index contributed by atoms with van der Waals surface area (Å²) in [5, 5.41) is 17.1. The standard InChI is InChI=1S/C15H21N5O2/c1-15(2,3)20-9-10(8-16)7-12(20)19-14(22)18-11-5-4-6-17-13(11)21/h7,9,11H,4-6H2,1-3H3,(H,17,21)(H2,18,19,22)/t11-/m0/s1. The van der Waals surface area contributed by atoms with Crippen LogP contribution in [0.3, 0.4) is 0 Å². The van der Waals surface area contributed by atoms with Crippen molar-refractivity contribution in [3.8, 4) is 6.07 Å². The van der Waals surface area contributed by atoms with Crippen molar-refractivity contribution in [1.82, 2.24) is 15.2 Å². The maximum Gasteiger partial charge on any atom is 0.321 e. The largest absolute Gasteiger partial charge is 0.354 e. The summed E-state index contributed by atoms with van der Waals surface area (Å²) < 4.78 is 1.83. The van der Waals surface area contributed by atoms with Gasteiger partial charge in [-0.1, -0.05) is 0 Å². The summed E-state index contributed by atoms with van der Waals surface area (Å²) in [6.45, 7) is 6.58. The number of carbonyl (C=O) groups is 2. The van der Waals surface area contributed by atoms with Gasteiger partial charge in [-0.25, -0.2) is 4.79 Å². The van der Waals surface area contributed by atoms with E-state index in [4.69, 9.17) is 5.26 Å². The van der Waals surface area contributed by atoms with Crippen molar-refractivity contribution in [2.24, 2.45) is 0 Å². The lowest BCUT2D eigenvalue weighted by Crippen LogP contribution is -2.51. The van der Waals surface area contributed by atoms with Crippen LogP contribution in [-0.2, 0) is 10.3 Å². The molecule has 2 rings (SSSR count). The van der Waals surface area contributed by atoms with Crippen molar-refractivity contribution in [2.75, 3.05) is 11.9 Å². The third kappa shape index (κ3) is 3.58. The summed E-state index contributed by atoms with van der Waals surface area (Å²) in [5.74, 6) is 0.364. The minimum Gasteiger partial charge on any atom is -0.354 e. The highest BCUT2D eigenvalue weighted by molar-refractivity contribution is 5.93. The molecule has 7 heteroatoms. The lowest BCUT2D eigenvalue weighted by atomic mass is 10.1. The van der Waals surface area contributed by atoms with Crippen LogP contribution in [-0.4, -0.2) is 29.1 Å². The Morgan fingerprint density at radius 3 is 2.82 bits per heavy atom. The number of carbonyl (C=O) groups excluding carboxylic acids is 2. The van der Waals surface area contributed by atoms with Gasteiger partial charge >= 0.3 is 6.03 Å². The summed E-state index contributed by atoms with van der Waals surface area (Å²) >= 11 is 0. The van der Waals surface area contributed by atoms with E-state index in [1.165, 1.54) is 0 Å². The fourth-order valence-corrected chi connectivity index (χ4v) is 2.40. The van der Waals surface area contributed by atoms with Gasteiger partial charge in [-0.2, -0.15) is 5.26 Å². The van der Waals surface area contributed by atoms with Crippen LogP contribution >= 0.6 is 0 Å². The molecule has 1 atom stereocenters. The van der Waals surface area contributed by atoms with Crippen molar-refractivity contribution in [2.45, 2.75) is 45.2 Å². The van der Waals surface area contributed by atoms with Gasteiger partial charge in [0.05, 0.1) is 5.56 Å². The second-order valence-electron chi connectivity index (χ2n) is 6.35. The van der Waals surface area contributed by atoms with E-state index in [0.717, 1.165) is 6.42 Å². The summed E-state index contributed by atoms with van der Waals surface area (Å²) in [5.41, 5.74) is 0.195. The van der Waals surface area contributed by atoms with Gasteiger partial charge in [0.2, 0.25) is 5.91 Å². The van der Waals surface area contributed by atoms with E-state index in [1.807, 2.05) is 25.3 Å². The number of nitrogens with one attached hydrogen (secondary N) is 3. The Morgan fingerprint density at radius 2 is 2.23 bits per heavy atom. The molecule has 3 amide bonds. The maximum absolute atomic E-state index is 12.1. The highest BCUT2D eigenvalue weighted by atomic mass is 16.2. The minimum atomic E-state index is -0.512. The molecule has 0 spiro atoms. The molecular weight excluding hydrogens is 282 g/mol. The molecule has 1 aliphatic heterocycles. The molecule has 2 heterocycles. The van der Waals surface area contributed by atoms with Gasteiger partial charge in [0.15, 0.2) is 0 Å². The Hall–Kier alpha value is -2.49. The first-order chi connectivity index (χ1) is 10.3. The van der Waals surface area contributed by atoms with Crippen LogP contribution in [0.2, 0.25) is 0 Å². The molecule has 118 valence electrons. The van der Waals surface area contributed by atoms with Crippen LogP contribution in [0.25, 0.3) is 0 Å². The van der Waals surface area contributed by atoms with Gasteiger partial charge < -0.3 is 15.2 Å². The van der Waals surface area contributed by atoms with Crippen molar-refractivity contribution in [1.29, 1.82) is 5.26 Å². The van der Waals surface area contributed by atoms with Crippen LogP contribution in [0.15, 0.2) is 12.3 Å². The average Bonchev–Trinajstić information content (AvgIpc) is 2.84. The second-order valence-corrected chi connectivity index (χ2v) is 6.35. The van der Waals surface area contributed by atoms with E-state index in [1.54, 1.807) is 12.3 Å². The zero-order valence-corrected chi connectivity index (χ0v) is 13.1.